The number of unbranched alkanes of at least 4 members (excludes halogenated alkanes) is 7. The molecule has 16 heavy (non-hydrogen) atoms. The van der Waals surface area contributed by atoms with E-state index < -0.39 is 0 Å². The van der Waals surface area contributed by atoms with E-state index in [0.29, 0.717) is 11.7 Å². The Morgan fingerprint density at radius 2 is 1.56 bits per heavy atom. The second kappa shape index (κ2) is 7.86. The second-order valence-electron chi connectivity index (χ2n) is 5.48. The van der Waals surface area contributed by atoms with Crippen molar-refractivity contribution in [2.75, 3.05) is 0 Å². The molecule has 1 heteroatoms. The van der Waals surface area contributed by atoms with Gasteiger partial charge in [0.2, 0.25) is 0 Å². The molecule has 1 aliphatic rings. The molecule has 0 unspecified atom stereocenters. The number of ketones is 1. The van der Waals surface area contributed by atoms with E-state index >= 15 is 0 Å². The Morgan fingerprint density at radius 1 is 1.00 bits per heavy atom. The molecule has 1 rings (SSSR count). The van der Waals surface area contributed by atoms with E-state index in [1.165, 1.54) is 57.8 Å². The highest BCUT2D eigenvalue weighted by Gasteiger charge is 2.34. The molecule has 94 valence electrons. The highest BCUT2D eigenvalue weighted by Crippen LogP contribution is 2.34. The number of rotatable bonds is 9. The zero-order valence-electron chi connectivity index (χ0n) is 11.1. The maximum Gasteiger partial charge on any atom is 0.136 e. The smallest absolute Gasteiger partial charge is 0.136 e. The molecule has 0 aliphatic heterocycles. The van der Waals surface area contributed by atoms with Crippen molar-refractivity contribution in [2.24, 2.45) is 11.8 Å². The lowest BCUT2D eigenvalue weighted by Crippen LogP contribution is -2.34. The van der Waals surface area contributed by atoms with Crippen molar-refractivity contribution >= 4 is 5.78 Å². The molecule has 0 aromatic carbocycles. The third kappa shape index (κ3) is 4.67. The minimum atomic E-state index is 0.379. The summed E-state index contributed by atoms with van der Waals surface area (Å²) in [5, 5.41) is 0. The van der Waals surface area contributed by atoms with Crippen LogP contribution in [0, 0.1) is 11.8 Å². The summed E-state index contributed by atoms with van der Waals surface area (Å²) in [6, 6.07) is 0. The summed E-state index contributed by atoms with van der Waals surface area (Å²) in [7, 11) is 0. The summed E-state index contributed by atoms with van der Waals surface area (Å²) in [5.41, 5.74) is 0. The fourth-order valence-electron chi connectivity index (χ4n) is 2.62. The van der Waals surface area contributed by atoms with Gasteiger partial charge in [0.1, 0.15) is 5.78 Å². The van der Waals surface area contributed by atoms with Crippen LogP contribution in [-0.4, -0.2) is 5.78 Å². The largest absolute Gasteiger partial charge is 0.299 e. The molecule has 1 aliphatic carbocycles. The van der Waals surface area contributed by atoms with Crippen LogP contribution < -0.4 is 0 Å². The Morgan fingerprint density at radius 3 is 2.06 bits per heavy atom. The minimum absolute atomic E-state index is 0.379. The Balaban J connectivity index is 1.80. The molecule has 1 saturated carbocycles. The summed E-state index contributed by atoms with van der Waals surface area (Å²) in [4.78, 5) is 11.1. The molecule has 0 heterocycles. The quantitative estimate of drug-likeness (QED) is 0.517. The topological polar surface area (TPSA) is 17.1 Å². The van der Waals surface area contributed by atoms with Crippen LogP contribution in [0.25, 0.3) is 0 Å². The predicted molar refractivity (Wildman–Crippen MR) is 69.5 cm³/mol. The molecule has 2 atom stereocenters. The van der Waals surface area contributed by atoms with Crippen molar-refractivity contribution in [1.82, 2.24) is 0 Å². The third-order valence-electron chi connectivity index (χ3n) is 4.11. The Bertz CT molecular complexity index is 198. The van der Waals surface area contributed by atoms with Gasteiger partial charge < -0.3 is 0 Å². The highest BCUT2D eigenvalue weighted by atomic mass is 16.1. The van der Waals surface area contributed by atoms with Gasteiger partial charge in [-0.05, 0) is 12.3 Å². The summed E-state index contributed by atoms with van der Waals surface area (Å²) in [6.45, 7) is 4.36. The van der Waals surface area contributed by atoms with Crippen LogP contribution >= 0.6 is 0 Å². The Kier molecular flexibility index (Phi) is 6.75. The van der Waals surface area contributed by atoms with Crippen LogP contribution in [0.1, 0.15) is 78.1 Å². The molecule has 0 amide bonds. The Hall–Kier alpha value is -0.330. The molecule has 0 aromatic rings. The number of carbonyl (C=O) groups is 1. The first-order valence-corrected chi connectivity index (χ1v) is 7.28. The summed E-state index contributed by atoms with van der Waals surface area (Å²) in [5.74, 6) is 1.60. The van der Waals surface area contributed by atoms with Gasteiger partial charge in [-0.1, -0.05) is 65.2 Å². The van der Waals surface area contributed by atoms with E-state index in [0.717, 1.165) is 12.3 Å². The first-order chi connectivity index (χ1) is 7.75. The van der Waals surface area contributed by atoms with Crippen LogP contribution in [0.3, 0.4) is 0 Å². The third-order valence-corrected chi connectivity index (χ3v) is 4.11. The Labute approximate surface area is 101 Å². The highest BCUT2D eigenvalue weighted by molar-refractivity contribution is 5.86. The van der Waals surface area contributed by atoms with Gasteiger partial charge in [0.05, 0.1) is 0 Å². The van der Waals surface area contributed by atoms with Crippen LogP contribution in [0.4, 0.5) is 0 Å². The molecule has 0 saturated heterocycles. The molecule has 1 fully saturated rings. The van der Waals surface area contributed by atoms with Gasteiger partial charge in [0.25, 0.3) is 0 Å². The lowest BCUT2D eigenvalue weighted by atomic mass is 9.71. The SMILES string of the molecule is CCCCCCCCCC[C@@H]1CC(=O)[C@@H]1C. The van der Waals surface area contributed by atoms with Gasteiger partial charge in [-0.2, -0.15) is 0 Å². The fourth-order valence-corrected chi connectivity index (χ4v) is 2.62. The van der Waals surface area contributed by atoms with Gasteiger partial charge >= 0.3 is 0 Å². The van der Waals surface area contributed by atoms with Crippen molar-refractivity contribution in [3.05, 3.63) is 0 Å². The van der Waals surface area contributed by atoms with Gasteiger partial charge in [0.15, 0.2) is 0 Å². The average molecular weight is 224 g/mol. The van der Waals surface area contributed by atoms with Crippen molar-refractivity contribution in [3.63, 3.8) is 0 Å². The van der Waals surface area contributed by atoms with E-state index in [2.05, 4.69) is 13.8 Å². The summed E-state index contributed by atoms with van der Waals surface area (Å²) >= 11 is 0. The van der Waals surface area contributed by atoms with Gasteiger partial charge in [-0.15, -0.1) is 0 Å². The minimum Gasteiger partial charge on any atom is -0.299 e. The number of hydrogen-bond donors (Lipinski definition) is 0. The molecule has 0 radical (unpaired) electrons. The molecule has 0 aromatic heterocycles. The van der Waals surface area contributed by atoms with Gasteiger partial charge in [-0.25, -0.2) is 0 Å². The van der Waals surface area contributed by atoms with Crippen LogP contribution in [0.15, 0.2) is 0 Å². The maximum atomic E-state index is 11.1. The molecular formula is C15H28O. The first kappa shape index (κ1) is 13.7. The van der Waals surface area contributed by atoms with E-state index in [1.807, 2.05) is 0 Å². The molecule has 1 nitrogen and oxygen atoms in total. The van der Waals surface area contributed by atoms with E-state index in [-0.39, 0.29) is 0 Å². The lowest BCUT2D eigenvalue weighted by Gasteiger charge is -2.32. The van der Waals surface area contributed by atoms with Crippen molar-refractivity contribution in [2.45, 2.75) is 78.1 Å². The second-order valence-corrected chi connectivity index (χ2v) is 5.48. The standard InChI is InChI=1S/C15H28O/c1-3-4-5-6-7-8-9-10-11-14-12-15(16)13(14)2/h13-14H,3-12H2,1-2H3/t13-,14-/m1/s1. The van der Waals surface area contributed by atoms with Crippen molar-refractivity contribution in [3.8, 4) is 0 Å². The normalized spacial score (nSPS) is 24.5. The number of hydrogen-bond acceptors (Lipinski definition) is 1. The molecule has 0 spiro atoms. The number of carbonyl (C=O) groups excluding carboxylic acids is 1. The average Bonchev–Trinajstić information content (AvgIpc) is 2.30. The zero-order chi connectivity index (χ0) is 11.8. The lowest BCUT2D eigenvalue weighted by molar-refractivity contribution is -0.133. The van der Waals surface area contributed by atoms with Gasteiger partial charge in [0, 0.05) is 12.3 Å². The molecule has 0 N–H and O–H groups in total. The monoisotopic (exact) mass is 224 g/mol. The van der Waals surface area contributed by atoms with Crippen LogP contribution in [0.2, 0.25) is 0 Å². The van der Waals surface area contributed by atoms with Crippen molar-refractivity contribution < 1.29 is 4.79 Å². The molecule has 0 bridgehead atoms. The predicted octanol–water partition coefficient (Wildman–Crippen LogP) is 4.74. The first-order valence-electron chi connectivity index (χ1n) is 7.28. The molecular weight excluding hydrogens is 196 g/mol. The van der Waals surface area contributed by atoms with Crippen molar-refractivity contribution in [1.29, 1.82) is 0 Å². The van der Waals surface area contributed by atoms with Crippen LogP contribution in [0.5, 0.6) is 0 Å². The fraction of sp³-hybridized carbons (Fsp3) is 0.933. The number of Topliss-reactive ketones (excluding diaryl/α,β-unsaturated/α-hetero) is 1. The zero-order valence-corrected chi connectivity index (χ0v) is 11.1. The summed E-state index contributed by atoms with van der Waals surface area (Å²) < 4.78 is 0. The van der Waals surface area contributed by atoms with E-state index in [1.54, 1.807) is 0 Å². The van der Waals surface area contributed by atoms with E-state index in [4.69, 9.17) is 0 Å². The maximum absolute atomic E-state index is 11.1. The van der Waals surface area contributed by atoms with E-state index in [9.17, 15) is 4.79 Å². The van der Waals surface area contributed by atoms with Crippen LogP contribution in [-0.2, 0) is 4.79 Å². The van der Waals surface area contributed by atoms with Gasteiger partial charge in [-0.3, -0.25) is 4.79 Å². The summed E-state index contributed by atoms with van der Waals surface area (Å²) in [6.07, 6.45) is 13.3.